The maximum atomic E-state index is 13.5. The highest BCUT2D eigenvalue weighted by Crippen LogP contribution is 2.36. The lowest BCUT2D eigenvalue weighted by Crippen LogP contribution is -2.40. The van der Waals surface area contributed by atoms with Crippen molar-refractivity contribution in [2.45, 2.75) is 66.0 Å². The van der Waals surface area contributed by atoms with E-state index >= 15 is 0 Å². The van der Waals surface area contributed by atoms with Gasteiger partial charge in [-0.2, -0.15) is 0 Å². The molecule has 1 atom stereocenters. The first-order chi connectivity index (χ1) is 17.8. The molecule has 3 aromatic rings. The molecule has 2 amide bonds. The largest absolute Gasteiger partial charge is 0.496 e. The molecule has 1 aliphatic rings. The van der Waals surface area contributed by atoms with E-state index in [9.17, 15) is 14.4 Å². The lowest BCUT2D eigenvalue weighted by molar-refractivity contribution is -0.132. The number of piperidine rings is 1. The molecule has 2 N–H and O–H groups in total. The summed E-state index contributed by atoms with van der Waals surface area (Å²) in [5.41, 5.74) is 3.37. The molecule has 0 bridgehead atoms. The second kappa shape index (κ2) is 11.2. The molecule has 1 fully saturated rings. The lowest BCUT2D eigenvalue weighted by atomic mass is 9.89. The molecule has 8 heteroatoms. The second-order valence-electron chi connectivity index (χ2n) is 10.1. The van der Waals surface area contributed by atoms with Gasteiger partial charge in [0, 0.05) is 47.8 Å². The van der Waals surface area contributed by atoms with Crippen molar-refractivity contribution in [3.63, 3.8) is 0 Å². The number of para-hydroxylation sites is 1. The number of aromatic nitrogens is 2. The summed E-state index contributed by atoms with van der Waals surface area (Å²) in [7, 11) is 1.52. The minimum atomic E-state index is -0.270. The molecule has 8 nitrogen and oxygen atoms in total. The van der Waals surface area contributed by atoms with Crippen molar-refractivity contribution in [2.75, 3.05) is 20.2 Å². The Morgan fingerprint density at radius 1 is 1.19 bits per heavy atom. The van der Waals surface area contributed by atoms with Crippen molar-refractivity contribution in [2.24, 2.45) is 5.92 Å². The maximum absolute atomic E-state index is 13.5. The molecule has 1 aromatic carbocycles. The molecule has 2 aromatic heterocycles. The van der Waals surface area contributed by atoms with Gasteiger partial charge in [-0.1, -0.05) is 25.1 Å². The summed E-state index contributed by atoms with van der Waals surface area (Å²) in [6, 6.07) is 9.90. The van der Waals surface area contributed by atoms with E-state index in [1.807, 2.05) is 36.9 Å². The van der Waals surface area contributed by atoms with Gasteiger partial charge in [0.05, 0.1) is 24.8 Å². The summed E-state index contributed by atoms with van der Waals surface area (Å²) in [4.78, 5) is 43.1. The van der Waals surface area contributed by atoms with E-state index in [1.165, 1.54) is 7.11 Å². The average molecular weight is 507 g/mol. The number of carbonyl (C=O) groups excluding carboxylic acids is 2. The number of hydrogen-bond acceptors (Lipinski definition) is 4. The smallest absolute Gasteiger partial charge is 0.256 e. The van der Waals surface area contributed by atoms with Crippen LogP contribution in [0, 0.1) is 19.8 Å². The Kier molecular flexibility index (Phi) is 8.05. The zero-order valence-electron chi connectivity index (χ0n) is 22.5. The van der Waals surface area contributed by atoms with Crippen LogP contribution in [0.25, 0.3) is 10.9 Å². The van der Waals surface area contributed by atoms with Crippen LogP contribution in [0.4, 0.5) is 0 Å². The van der Waals surface area contributed by atoms with Crippen LogP contribution in [0.15, 0.2) is 35.1 Å². The van der Waals surface area contributed by atoms with Crippen LogP contribution < -0.4 is 15.6 Å². The van der Waals surface area contributed by atoms with Gasteiger partial charge in [-0.3, -0.25) is 14.4 Å². The molecule has 0 radical (unpaired) electrons. The maximum Gasteiger partial charge on any atom is 0.256 e. The Balaban J connectivity index is 1.58. The molecule has 0 aliphatic carbocycles. The van der Waals surface area contributed by atoms with Crippen molar-refractivity contribution in [1.82, 2.24) is 19.8 Å². The molecule has 3 heterocycles. The monoisotopic (exact) mass is 506 g/mol. The summed E-state index contributed by atoms with van der Waals surface area (Å²) in [5, 5.41) is 3.84. The van der Waals surface area contributed by atoms with Gasteiger partial charge in [0.15, 0.2) is 0 Å². The minimum absolute atomic E-state index is 0.0658. The van der Waals surface area contributed by atoms with Crippen LogP contribution in [0.1, 0.15) is 72.9 Å². The van der Waals surface area contributed by atoms with Crippen molar-refractivity contribution in [3.05, 3.63) is 63.2 Å². The number of methoxy groups -OCH3 is 1. The Morgan fingerprint density at radius 2 is 1.89 bits per heavy atom. The number of H-pyrrole nitrogens is 1. The number of aryl methyl sites for hydroxylation is 1. The molecular formula is C29H38N4O4. The zero-order valence-corrected chi connectivity index (χ0v) is 22.5. The van der Waals surface area contributed by atoms with E-state index in [2.05, 4.69) is 27.9 Å². The average Bonchev–Trinajstić information content (AvgIpc) is 3.19. The van der Waals surface area contributed by atoms with Crippen LogP contribution in [0.5, 0.6) is 5.75 Å². The number of pyridine rings is 1. The number of rotatable bonds is 8. The highest BCUT2D eigenvalue weighted by Gasteiger charge is 2.30. The van der Waals surface area contributed by atoms with Crippen LogP contribution in [-0.2, 0) is 11.3 Å². The number of carbonyl (C=O) groups is 2. The van der Waals surface area contributed by atoms with E-state index in [4.69, 9.17) is 4.74 Å². The van der Waals surface area contributed by atoms with E-state index in [0.29, 0.717) is 34.9 Å². The molecule has 198 valence electrons. The van der Waals surface area contributed by atoms with E-state index in [1.54, 1.807) is 13.0 Å². The highest BCUT2D eigenvalue weighted by atomic mass is 16.5. The van der Waals surface area contributed by atoms with E-state index in [-0.39, 0.29) is 30.0 Å². The van der Waals surface area contributed by atoms with Gasteiger partial charge in [-0.05, 0) is 58.1 Å². The summed E-state index contributed by atoms with van der Waals surface area (Å²) < 4.78 is 7.65. The molecule has 0 saturated carbocycles. The van der Waals surface area contributed by atoms with Gasteiger partial charge in [-0.15, -0.1) is 0 Å². The molecule has 1 unspecified atom stereocenters. The van der Waals surface area contributed by atoms with Crippen LogP contribution in [0.3, 0.4) is 0 Å². The van der Waals surface area contributed by atoms with E-state index in [0.717, 1.165) is 48.9 Å². The number of fused-ring (bicyclic) bond motifs is 1. The molecule has 1 saturated heterocycles. The first-order valence-corrected chi connectivity index (χ1v) is 13.2. The quantitative estimate of drug-likeness (QED) is 0.471. The first kappa shape index (κ1) is 26.5. The fraction of sp³-hybridized carbons (Fsp3) is 0.483. The molecule has 37 heavy (non-hydrogen) atoms. The zero-order chi connectivity index (χ0) is 26.7. The predicted octanol–water partition coefficient (Wildman–Crippen LogP) is 4.48. The number of ether oxygens (including phenoxy) is 1. The number of likely N-dealkylation sites (tertiary alicyclic amines) is 1. The van der Waals surface area contributed by atoms with Crippen molar-refractivity contribution < 1.29 is 14.3 Å². The Morgan fingerprint density at radius 3 is 2.57 bits per heavy atom. The fourth-order valence-electron chi connectivity index (χ4n) is 5.71. The van der Waals surface area contributed by atoms with Crippen molar-refractivity contribution >= 4 is 22.7 Å². The predicted molar refractivity (Wildman–Crippen MR) is 145 cm³/mol. The molecule has 4 rings (SSSR count). The van der Waals surface area contributed by atoms with Crippen molar-refractivity contribution in [1.29, 1.82) is 0 Å². The number of nitrogens with zero attached hydrogens (tertiary/aromatic N) is 2. The Bertz CT molecular complexity index is 1350. The third-order valence-corrected chi connectivity index (χ3v) is 7.70. The van der Waals surface area contributed by atoms with Gasteiger partial charge in [0.1, 0.15) is 5.75 Å². The van der Waals surface area contributed by atoms with Gasteiger partial charge in [0.2, 0.25) is 5.91 Å². The van der Waals surface area contributed by atoms with Gasteiger partial charge >= 0.3 is 0 Å². The van der Waals surface area contributed by atoms with Gasteiger partial charge in [0.25, 0.3) is 11.5 Å². The number of aromatic amines is 1. The van der Waals surface area contributed by atoms with Gasteiger partial charge < -0.3 is 24.5 Å². The van der Waals surface area contributed by atoms with Gasteiger partial charge in [-0.25, -0.2) is 0 Å². The summed E-state index contributed by atoms with van der Waals surface area (Å²) in [6.07, 6.45) is 3.38. The molecule has 1 aliphatic heterocycles. The highest BCUT2D eigenvalue weighted by molar-refractivity contribution is 6.08. The number of nitrogens with one attached hydrogen (secondary N) is 2. The van der Waals surface area contributed by atoms with Crippen LogP contribution >= 0.6 is 0 Å². The van der Waals surface area contributed by atoms with Crippen LogP contribution in [0.2, 0.25) is 0 Å². The topological polar surface area (TPSA) is 96.4 Å². The fourth-order valence-corrected chi connectivity index (χ4v) is 5.71. The number of benzene rings is 1. The standard InChI is InChI=1S/C29H38N4O4/c1-6-9-26(34)32-14-12-21(13-15-32)19(3)33-20(4)27(22-10-7-8-11-24(22)33)29(36)30-17-23-25(37-5)16-18(2)31-28(23)35/h7-8,10-11,16,19,21H,6,9,12-15,17H2,1-5H3,(H,30,36)(H,31,35). The number of amides is 2. The Hall–Kier alpha value is -3.55. The SMILES string of the molecule is CCCC(=O)N1CCC(C(C)n2c(C)c(C(=O)NCc3c(OC)cc(C)[nH]c3=O)c3ccccc32)CC1. The van der Waals surface area contributed by atoms with Crippen LogP contribution in [-0.4, -0.2) is 46.5 Å². The number of hydrogen-bond donors (Lipinski definition) is 2. The van der Waals surface area contributed by atoms with Crippen molar-refractivity contribution in [3.8, 4) is 5.75 Å². The summed E-state index contributed by atoms with van der Waals surface area (Å²) in [5.74, 6) is 0.894. The minimum Gasteiger partial charge on any atom is -0.496 e. The Labute approximate surface area is 218 Å². The second-order valence-corrected chi connectivity index (χ2v) is 10.1. The first-order valence-electron chi connectivity index (χ1n) is 13.2. The third-order valence-electron chi connectivity index (χ3n) is 7.70. The molecule has 0 spiro atoms. The third kappa shape index (κ3) is 5.29. The normalized spacial score (nSPS) is 15.1. The van der Waals surface area contributed by atoms with E-state index < -0.39 is 0 Å². The summed E-state index contributed by atoms with van der Waals surface area (Å²) in [6.45, 7) is 9.67. The molecular weight excluding hydrogens is 468 g/mol. The lowest BCUT2D eigenvalue weighted by Gasteiger charge is -2.36. The summed E-state index contributed by atoms with van der Waals surface area (Å²) >= 11 is 0.